The van der Waals surface area contributed by atoms with Gasteiger partial charge in [0.15, 0.2) is 0 Å². The van der Waals surface area contributed by atoms with E-state index in [0.29, 0.717) is 41.6 Å². The Morgan fingerprint density at radius 3 is 2.29 bits per heavy atom. The van der Waals surface area contributed by atoms with Crippen molar-refractivity contribution in [1.82, 2.24) is 4.57 Å². The number of fused-ring (bicyclic) bond motifs is 3. The van der Waals surface area contributed by atoms with Crippen LogP contribution in [0.2, 0.25) is 0 Å². The van der Waals surface area contributed by atoms with Gasteiger partial charge in [-0.1, -0.05) is 54.6 Å². The summed E-state index contributed by atoms with van der Waals surface area (Å²) in [6, 6.07) is 18.4. The number of ether oxygens (including phenoxy) is 2. The lowest BCUT2D eigenvalue weighted by Gasteiger charge is -2.12. The van der Waals surface area contributed by atoms with Gasteiger partial charge in [0.05, 0.1) is 23.3 Å². The normalized spacial score (nSPS) is 10.9. The summed E-state index contributed by atoms with van der Waals surface area (Å²) in [6.07, 6.45) is 4.96. The molecule has 172 valence electrons. The van der Waals surface area contributed by atoms with Crippen molar-refractivity contribution in [1.29, 1.82) is 0 Å². The lowest BCUT2D eigenvalue weighted by molar-refractivity contribution is 0.0527. The summed E-state index contributed by atoms with van der Waals surface area (Å²) in [5, 5.41) is 2.36. The molecule has 0 spiro atoms. The van der Waals surface area contributed by atoms with Gasteiger partial charge in [-0.2, -0.15) is 0 Å². The maximum absolute atomic E-state index is 13.2. The van der Waals surface area contributed by atoms with Gasteiger partial charge in [-0.05, 0) is 38.0 Å². The van der Waals surface area contributed by atoms with Gasteiger partial charge in [-0.25, -0.2) is 9.59 Å². The van der Waals surface area contributed by atoms with Crippen molar-refractivity contribution < 1.29 is 19.1 Å². The quantitative estimate of drug-likeness (QED) is 0.165. The molecular weight excluding hydrogens is 426 g/mol. The lowest BCUT2D eigenvalue weighted by atomic mass is 10.0. The van der Waals surface area contributed by atoms with Crippen LogP contribution in [-0.4, -0.2) is 23.1 Å². The van der Waals surface area contributed by atoms with E-state index in [1.165, 1.54) is 0 Å². The van der Waals surface area contributed by atoms with Crippen LogP contribution >= 0.6 is 0 Å². The maximum Gasteiger partial charge on any atom is 0.343 e. The molecule has 4 rings (SSSR count). The number of hydrogen-bond donors (Lipinski definition) is 0. The fourth-order valence-electron chi connectivity index (χ4n) is 4.31. The van der Waals surface area contributed by atoms with E-state index in [4.69, 9.17) is 9.47 Å². The number of allylic oxidation sites excluding steroid dienone is 2. The highest BCUT2D eigenvalue weighted by Gasteiger charge is 2.26. The molecule has 0 saturated carbocycles. The standard InChI is InChI=1S/C29H27NO4/c1-4-7-17-24-26(29(32)33-6-3)23-19-25(34-28(31)20-13-9-8-10-14-20)21-15-11-12-16-22(21)27(23)30(24)18-5-2/h4-5,8-16,19H,1-2,6-7,17-18H2,3H3. The van der Waals surface area contributed by atoms with Crippen LogP contribution in [0.3, 0.4) is 0 Å². The Hall–Kier alpha value is -4.12. The average Bonchev–Trinajstić information content (AvgIpc) is 3.16. The Bertz CT molecular complexity index is 1380. The van der Waals surface area contributed by atoms with E-state index in [1.54, 1.807) is 37.3 Å². The smallest absolute Gasteiger partial charge is 0.343 e. The number of benzene rings is 3. The molecule has 1 aromatic heterocycles. The highest BCUT2D eigenvalue weighted by molar-refractivity contribution is 6.17. The Morgan fingerprint density at radius 2 is 1.62 bits per heavy atom. The largest absolute Gasteiger partial charge is 0.462 e. The topological polar surface area (TPSA) is 57.5 Å². The number of nitrogens with zero attached hydrogens (tertiary/aromatic N) is 1. The Balaban J connectivity index is 2.02. The zero-order chi connectivity index (χ0) is 24.1. The van der Waals surface area contributed by atoms with Gasteiger partial charge in [0.25, 0.3) is 0 Å². The number of carbonyl (C=O) groups is 2. The molecule has 0 bridgehead atoms. The van der Waals surface area contributed by atoms with Crippen LogP contribution in [0.15, 0.2) is 86.0 Å². The summed E-state index contributed by atoms with van der Waals surface area (Å²) in [7, 11) is 0. The zero-order valence-corrected chi connectivity index (χ0v) is 19.3. The average molecular weight is 454 g/mol. The first-order valence-electron chi connectivity index (χ1n) is 11.3. The van der Waals surface area contributed by atoms with Crippen LogP contribution in [0, 0.1) is 0 Å². The molecule has 0 unspecified atom stereocenters. The van der Waals surface area contributed by atoms with Crippen molar-refractivity contribution in [2.45, 2.75) is 26.3 Å². The molecule has 5 nitrogen and oxygen atoms in total. The van der Waals surface area contributed by atoms with Gasteiger partial charge in [0, 0.05) is 28.4 Å². The van der Waals surface area contributed by atoms with Crippen molar-refractivity contribution in [2.75, 3.05) is 6.61 Å². The molecule has 0 amide bonds. The van der Waals surface area contributed by atoms with Crippen LogP contribution in [-0.2, 0) is 17.7 Å². The molecule has 3 aromatic carbocycles. The van der Waals surface area contributed by atoms with Gasteiger partial charge in [0.1, 0.15) is 5.75 Å². The van der Waals surface area contributed by atoms with Gasteiger partial charge >= 0.3 is 11.9 Å². The molecule has 0 radical (unpaired) electrons. The van der Waals surface area contributed by atoms with Crippen LogP contribution in [0.25, 0.3) is 21.7 Å². The fourth-order valence-corrected chi connectivity index (χ4v) is 4.31. The summed E-state index contributed by atoms with van der Waals surface area (Å²) in [4.78, 5) is 26.0. The summed E-state index contributed by atoms with van der Waals surface area (Å²) in [6.45, 7) is 10.3. The van der Waals surface area contributed by atoms with Crippen molar-refractivity contribution in [2.24, 2.45) is 0 Å². The molecule has 5 heteroatoms. The molecular formula is C29H27NO4. The summed E-state index contributed by atoms with van der Waals surface area (Å²) < 4.78 is 13.4. The minimum atomic E-state index is -0.458. The predicted molar refractivity (Wildman–Crippen MR) is 136 cm³/mol. The molecule has 0 fully saturated rings. The van der Waals surface area contributed by atoms with Gasteiger partial charge < -0.3 is 14.0 Å². The highest BCUT2D eigenvalue weighted by atomic mass is 16.5. The van der Waals surface area contributed by atoms with Crippen LogP contribution in [0.5, 0.6) is 5.75 Å². The second-order valence-electron chi connectivity index (χ2n) is 7.84. The molecule has 0 aliphatic rings. The third kappa shape index (κ3) is 4.25. The third-order valence-electron chi connectivity index (χ3n) is 5.72. The van der Waals surface area contributed by atoms with Crippen molar-refractivity contribution >= 4 is 33.6 Å². The molecule has 0 atom stereocenters. The SMILES string of the molecule is C=CCCc1c(C(=O)OCC)c2cc(OC(=O)c3ccccc3)c3ccccc3c2n1CC=C. The van der Waals surface area contributed by atoms with Crippen molar-refractivity contribution in [3.05, 3.63) is 103 Å². The monoisotopic (exact) mass is 453 g/mol. The lowest BCUT2D eigenvalue weighted by Crippen LogP contribution is -2.10. The first-order chi connectivity index (χ1) is 16.6. The molecule has 1 heterocycles. The van der Waals surface area contributed by atoms with Crippen LogP contribution < -0.4 is 4.74 Å². The van der Waals surface area contributed by atoms with Crippen LogP contribution in [0.1, 0.15) is 39.8 Å². The Labute approximate surface area is 198 Å². The molecule has 34 heavy (non-hydrogen) atoms. The molecule has 4 aromatic rings. The third-order valence-corrected chi connectivity index (χ3v) is 5.72. The maximum atomic E-state index is 13.2. The first-order valence-corrected chi connectivity index (χ1v) is 11.3. The van der Waals surface area contributed by atoms with E-state index >= 15 is 0 Å². The van der Waals surface area contributed by atoms with E-state index in [0.717, 1.165) is 22.0 Å². The van der Waals surface area contributed by atoms with Gasteiger partial charge in [0.2, 0.25) is 0 Å². The van der Waals surface area contributed by atoms with Crippen molar-refractivity contribution in [3.63, 3.8) is 0 Å². The van der Waals surface area contributed by atoms with Crippen molar-refractivity contribution in [3.8, 4) is 5.75 Å². The highest BCUT2D eigenvalue weighted by Crippen LogP contribution is 2.39. The number of rotatable bonds is 9. The Kier molecular flexibility index (Phi) is 6.93. The minimum absolute atomic E-state index is 0.261. The molecule has 0 saturated heterocycles. The van der Waals surface area contributed by atoms with E-state index < -0.39 is 11.9 Å². The molecule has 0 aliphatic heterocycles. The summed E-state index contributed by atoms with van der Waals surface area (Å²) in [5.74, 6) is -0.460. The molecule has 0 aliphatic carbocycles. The first kappa shape index (κ1) is 23.1. The van der Waals surface area contributed by atoms with Gasteiger partial charge in [-0.15, -0.1) is 13.2 Å². The van der Waals surface area contributed by atoms with E-state index in [1.807, 2.05) is 42.5 Å². The predicted octanol–water partition coefficient (Wildman–Crippen LogP) is 6.50. The number of carbonyl (C=O) groups excluding carboxylic acids is 2. The summed E-state index contributed by atoms with van der Waals surface area (Å²) in [5.41, 5.74) is 2.68. The Morgan fingerprint density at radius 1 is 0.912 bits per heavy atom. The minimum Gasteiger partial charge on any atom is -0.462 e. The second kappa shape index (κ2) is 10.2. The zero-order valence-electron chi connectivity index (χ0n) is 19.3. The van der Waals surface area contributed by atoms with E-state index in [9.17, 15) is 9.59 Å². The fraction of sp³-hybridized carbons (Fsp3) is 0.172. The van der Waals surface area contributed by atoms with Crippen LogP contribution in [0.4, 0.5) is 0 Å². The van der Waals surface area contributed by atoms with E-state index in [-0.39, 0.29) is 6.61 Å². The van der Waals surface area contributed by atoms with Gasteiger partial charge in [-0.3, -0.25) is 0 Å². The molecule has 0 N–H and O–H groups in total. The summed E-state index contributed by atoms with van der Waals surface area (Å²) >= 11 is 0. The number of hydrogen-bond acceptors (Lipinski definition) is 4. The second-order valence-corrected chi connectivity index (χ2v) is 7.84. The number of aromatic nitrogens is 1. The number of esters is 2. The van der Waals surface area contributed by atoms with E-state index in [2.05, 4.69) is 17.7 Å².